The smallest absolute Gasteiger partial charge is 0.0159 e. The Morgan fingerprint density at radius 3 is 1.87 bits per heavy atom. The van der Waals surface area contributed by atoms with E-state index in [4.69, 9.17) is 0 Å². The van der Waals surface area contributed by atoms with Gasteiger partial charge in [-0.3, -0.25) is 9.80 Å². The first-order chi connectivity index (χ1) is 13.8. The van der Waals surface area contributed by atoms with Crippen molar-refractivity contribution < 1.29 is 0 Å². The van der Waals surface area contributed by atoms with E-state index in [0.717, 1.165) is 41.8 Å². The summed E-state index contributed by atoms with van der Waals surface area (Å²) < 4.78 is 0. The highest BCUT2D eigenvalue weighted by atomic mass is 15.3. The van der Waals surface area contributed by atoms with Gasteiger partial charge in [0.05, 0.1) is 0 Å². The lowest BCUT2D eigenvalue weighted by Gasteiger charge is -2.51. The van der Waals surface area contributed by atoms with Crippen molar-refractivity contribution in [3.05, 3.63) is 0 Å². The van der Waals surface area contributed by atoms with Crippen LogP contribution in [0.3, 0.4) is 0 Å². The molecule has 30 heavy (non-hydrogen) atoms. The molecule has 2 nitrogen and oxygen atoms in total. The molecular formula is C28H52N2. The molecule has 0 spiro atoms. The standard InChI is InChI=1S/C28H52N2/c1-19(25-17-24-14-20(25)18-29(24)27(5,6)7)12-13-28(8,9)30-22-10-11-23(30)16-21(15-22)26(2,3)4/h19-25H,10-18H2,1-9H3. The van der Waals surface area contributed by atoms with Crippen molar-refractivity contribution in [1.29, 1.82) is 0 Å². The van der Waals surface area contributed by atoms with E-state index in [-0.39, 0.29) is 0 Å². The molecule has 4 fully saturated rings. The molecule has 0 aromatic rings. The highest BCUT2D eigenvalue weighted by Gasteiger charge is 2.51. The van der Waals surface area contributed by atoms with Gasteiger partial charge in [0.25, 0.3) is 0 Å². The van der Waals surface area contributed by atoms with Crippen LogP contribution in [-0.2, 0) is 0 Å². The van der Waals surface area contributed by atoms with E-state index < -0.39 is 0 Å². The van der Waals surface area contributed by atoms with Crippen LogP contribution in [-0.4, -0.2) is 45.5 Å². The van der Waals surface area contributed by atoms with E-state index in [0.29, 0.717) is 16.5 Å². The molecule has 6 unspecified atom stereocenters. The first kappa shape index (κ1) is 23.1. The third-order valence-corrected chi connectivity index (χ3v) is 10.1. The maximum Gasteiger partial charge on any atom is 0.0159 e. The Balaban J connectivity index is 1.32. The Bertz CT molecular complexity index is 595. The fraction of sp³-hybridized carbons (Fsp3) is 1.00. The minimum Gasteiger partial charge on any atom is -0.295 e. The predicted octanol–water partition coefficient (Wildman–Crippen LogP) is 6.98. The Morgan fingerprint density at radius 2 is 1.40 bits per heavy atom. The molecule has 3 saturated heterocycles. The molecule has 4 bridgehead atoms. The average Bonchev–Trinajstić information content (AvgIpc) is 3.30. The summed E-state index contributed by atoms with van der Waals surface area (Å²) in [5.74, 6) is 3.76. The Morgan fingerprint density at radius 1 is 0.800 bits per heavy atom. The number of nitrogens with zero attached hydrogens (tertiary/aromatic N) is 2. The molecule has 0 radical (unpaired) electrons. The molecule has 4 aliphatic rings. The Labute approximate surface area is 188 Å². The maximum absolute atomic E-state index is 3.00. The van der Waals surface area contributed by atoms with Gasteiger partial charge in [-0.25, -0.2) is 0 Å². The van der Waals surface area contributed by atoms with Crippen molar-refractivity contribution in [2.24, 2.45) is 29.1 Å². The summed E-state index contributed by atoms with van der Waals surface area (Å²) in [5, 5.41) is 0. The molecule has 1 saturated carbocycles. The summed E-state index contributed by atoms with van der Waals surface area (Å²) in [7, 11) is 0. The van der Waals surface area contributed by atoms with Crippen LogP contribution in [0.25, 0.3) is 0 Å². The van der Waals surface area contributed by atoms with Crippen LogP contribution >= 0.6 is 0 Å². The lowest BCUT2D eigenvalue weighted by molar-refractivity contribution is -0.0198. The topological polar surface area (TPSA) is 6.48 Å². The SMILES string of the molecule is CC(CCC(C)(C)N1C2CCC1CC(C(C)(C)C)C2)C1CC2CC1CN2C(C)(C)C. The third-order valence-electron chi connectivity index (χ3n) is 10.1. The van der Waals surface area contributed by atoms with E-state index in [2.05, 4.69) is 72.1 Å². The highest BCUT2D eigenvalue weighted by Crippen LogP contribution is 2.51. The molecule has 4 rings (SSSR count). The van der Waals surface area contributed by atoms with Gasteiger partial charge < -0.3 is 0 Å². The molecule has 6 atom stereocenters. The number of rotatable bonds is 5. The first-order valence-electron chi connectivity index (χ1n) is 13.3. The van der Waals surface area contributed by atoms with Gasteiger partial charge in [-0.15, -0.1) is 0 Å². The van der Waals surface area contributed by atoms with E-state index in [9.17, 15) is 0 Å². The van der Waals surface area contributed by atoms with Gasteiger partial charge in [0.2, 0.25) is 0 Å². The minimum atomic E-state index is 0.355. The third kappa shape index (κ3) is 4.26. The molecule has 174 valence electrons. The van der Waals surface area contributed by atoms with Gasteiger partial charge in [-0.2, -0.15) is 0 Å². The lowest BCUT2D eigenvalue weighted by Crippen LogP contribution is -2.55. The van der Waals surface area contributed by atoms with Crippen LogP contribution in [0.5, 0.6) is 0 Å². The largest absolute Gasteiger partial charge is 0.295 e. The van der Waals surface area contributed by atoms with Crippen LogP contribution in [0.15, 0.2) is 0 Å². The molecule has 0 amide bonds. The van der Waals surface area contributed by atoms with E-state index in [1.54, 1.807) is 0 Å². The minimum absolute atomic E-state index is 0.355. The van der Waals surface area contributed by atoms with E-state index in [1.807, 2.05) is 0 Å². The van der Waals surface area contributed by atoms with E-state index >= 15 is 0 Å². The summed E-state index contributed by atoms with van der Waals surface area (Å²) in [6.45, 7) is 23.7. The molecule has 0 aromatic carbocycles. The van der Waals surface area contributed by atoms with Gasteiger partial charge in [0, 0.05) is 35.7 Å². The molecule has 1 aliphatic carbocycles. The summed E-state index contributed by atoms with van der Waals surface area (Å²) in [5.41, 5.74) is 1.21. The van der Waals surface area contributed by atoms with Gasteiger partial charge >= 0.3 is 0 Å². The average molecular weight is 417 g/mol. The number of hydrogen-bond acceptors (Lipinski definition) is 2. The van der Waals surface area contributed by atoms with Crippen LogP contribution in [0.1, 0.15) is 114 Å². The second kappa shape index (κ2) is 7.75. The van der Waals surface area contributed by atoms with Crippen molar-refractivity contribution >= 4 is 0 Å². The van der Waals surface area contributed by atoms with Crippen LogP contribution < -0.4 is 0 Å². The zero-order valence-electron chi connectivity index (χ0n) is 21.8. The second-order valence-electron chi connectivity index (χ2n) is 14.5. The lowest BCUT2D eigenvalue weighted by atomic mass is 9.71. The second-order valence-corrected chi connectivity index (χ2v) is 14.5. The monoisotopic (exact) mass is 416 g/mol. The quantitative estimate of drug-likeness (QED) is 0.477. The first-order valence-corrected chi connectivity index (χ1v) is 13.3. The Hall–Kier alpha value is -0.0800. The van der Waals surface area contributed by atoms with Gasteiger partial charge in [-0.1, -0.05) is 27.7 Å². The van der Waals surface area contributed by atoms with Crippen LogP contribution in [0.2, 0.25) is 0 Å². The number of fused-ring (bicyclic) bond motifs is 4. The fourth-order valence-corrected chi connectivity index (χ4v) is 8.31. The van der Waals surface area contributed by atoms with E-state index in [1.165, 1.54) is 57.9 Å². The summed E-state index contributed by atoms with van der Waals surface area (Å²) in [6.07, 6.45) is 11.5. The highest BCUT2D eigenvalue weighted by molar-refractivity contribution is 5.05. The number of likely N-dealkylation sites (tertiary alicyclic amines) is 1. The van der Waals surface area contributed by atoms with Gasteiger partial charge in [-0.05, 0) is 115 Å². The van der Waals surface area contributed by atoms with Crippen molar-refractivity contribution in [3.8, 4) is 0 Å². The van der Waals surface area contributed by atoms with Gasteiger partial charge in [0.15, 0.2) is 0 Å². The number of hydrogen-bond donors (Lipinski definition) is 0. The van der Waals surface area contributed by atoms with Crippen LogP contribution in [0, 0.1) is 29.1 Å². The predicted molar refractivity (Wildman–Crippen MR) is 130 cm³/mol. The molecule has 0 N–H and O–H groups in total. The zero-order valence-corrected chi connectivity index (χ0v) is 21.8. The summed E-state index contributed by atoms with van der Waals surface area (Å²) >= 11 is 0. The summed E-state index contributed by atoms with van der Waals surface area (Å²) in [6, 6.07) is 2.56. The maximum atomic E-state index is 3.00. The van der Waals surface area contributed by atoms with Crippen molar-refractivity contribution in [2.45, 2.75) is 143 Å². The number of piperidine rings is 2. The van der Waals surface area contributed by atoms with Crippen molar-refractivity contribution in [1.82, 2.24) is 9.80 Å². The zero-order chi connectivity index (χ0) is 22.1. The Kier molecular flexibility index (Phi) is 5.97. The normalized spacial score (nSPS) is 39.1. The molecular weight excluding hydrogens is 364 g/mol. The molecule has 0 aromatic heterocycles. The van der Waals surface area contributed by atoms with Crippen molar-refractivity contribution in [3.63, 3.8) is 0 Å². The molecule has 2 heteroatoms. The van der Waals surface area contributed by atoms with Crippen LogP contribution in [0.4, 0.5) is 0 Å². The molecule has 3 heterocycles. The fourth-order valence-electron chi connectivity index (χ4n) is 8.31. The molecule has 3 aliphatic heterocycles. The summed E-state index contributed by atoms with van der Waals surface area (Å²) in [4.78, 5) is 5.81. The van der Waals surface area contributed by atoms with Gasteiger partial charge in [0.1, 0.15) is 0 Å². The van der Waals surface area contributed by atoms with Crippen molar-refractivity contribution in [2.75, 3.05) is 6.54 Å².